The standard InChI is InChI=1S/C17H17ClN2O4/c1-20(17(22)8-6-13-4-3-9-24-13)11-16(21)19-14-10-12(18)5-7-15(14)23-2/h3-10H,11H2,1-2H3,(H,19,21). The minimum atomic E-state index is -0.363. The predicted octanol–water partition coefficient (Wildman–Crippen LogP) is 3.05. The minimum Gasteiger partial charge on any atom is -0.495 e. The van der Waals surface area contributed by atoms with Gasteiger partial charge in [-0.15, -0.1) is 0 Å². The average molecular weight is 349 g/mol. The number of furan rings is 1. The van der Waals surface area contributed by atoms with Crippen LogP contribution < -0.4 is 10.1 Å². The molecular formula is C17H17ClN2O4. The number of methoxy groups -OCH3 is 1. The maximum absolute atomic E-state index is 12.1. The molecular weight excluding hydrogens is 332 g/mol. The predicted molar refractivity (Wildman–Crippen MR) is 92.0 cm³/mol. The molecule has 24 heavy (non-hydrogen) atoms. The number of amides is 2. The van der Waals surface area contributed by atoms with E-state index < -0.39 is 0 Å². The molecule has 0 aliphatic rings. The Morgan fingerprint density at radius 1 is 1.38 bits per heavy atom. The van der Waals surface area contributed by atoms with Crippen LogP contribution in [0.5, 0.6) is 5.75 Å². The van der Waals surface area contributed by atoms with Crippen LogP contribution in [0.1, 0.15) is 5.76 Å². The van der Waals surface area contributed by atoms with Crippen LogP contribution in [0.15, 0.2) is 47.1 Å². The van der Waals surface area contributed by atoms with Crippen molar-refractivity contribution in [1.29, 1.82) is 0 Å². The Morgan fingerprint density at radius 2 is 2.17 bits per heavy atom. The van der Waals surface area contributed by atoms with Gasteiger partial charge in [-0.3, -0.25) is 9.59 Å². The van der Waals surface area contributed by atoms with Gasteiger partial charge < -0.3 is 19.4 Å². The Labute approximate surface area is 144 Å². The van der Waals surface area contributed by atoms with Gasteiger partial charge in [0.05, 0.1) is 25.6 Å². The topological polar surface area (TPSA) is 71.8 Å². The molecule has 0 atom stereocenters. The molecule has 0 unspecified atom stereocenters. The number of carbonyl (C=O) groups is 2. The van der Waals surface area contributed by atoms with E-state index in [0.717, 1.165) is 0 Å². The van der Waals surface area contributed by atoms with Crippen molar-refractivity contribution < 1.29 is 18.7 Å². The summed E-state index contributed by atoms with van der Waals surface area (Å²) in [5.74, 6) is 0.363. The number of anilines is 1. The molecule has 1 heterocycles. The summed E-state index contributed by atoms with van der Waals surface area (Å²) in [5.41, 5.74) is 0.446. The van der Waals surface area contributed by atoms with E-state index in [2.05, 4.69) is 5.32 Å². The fraction of sp³-hybridized carbons (Fsp3) is 0.176. The molecule has 0 saturated carbocycles. The Morgan fingerprint density at radius 3 is 2.83 bits per heavy atom. The molecule has 2 aromatic rings. The molecule has 7 heteroatoms. The number of hydrogen-bond acceptors (Lipinski definition) is 4. The highest BCUT2D eigenvalue weighted by Crippen LogP contribution is 2.27. The van der Waals surface area contributed by atoms with E-state index in [0.29, 0.717) is 22.2 Å². The molecule has 0 saturated heterocycles. The van der Waals surface area contributed by atoms with Gasteiger partial charge in [0.1, 0.15) is 11.5 Å². The Kier molecular flexibility index (Phi) is 6.03. The summed E-state index contributed by atoms with van der Waals surface area (Å²) in [6.07, 6.45) is 4.39. The number of nitrogens with one attached hydrogen (secondary N) is 1. The lowest BCUT2D eigenvalue weighted by molar-refractivity contribution is -0.129. The molecule has 126 valence electrons. The van der Waals surface area contributed by atoms with Crippen molar-refractivity contribution in [3.8, 4) is 5.75 Å². The van der Waals surface area contributed by atoms with Gasteiger partial charge in [0, 0.05) is 18.1 Å². The second-order valence-corrected chi connectivity index (χ2v) is 5.37. The number of hydrogen-bond donors (Lipinski definition) is 1. The first kappa shape index (κ1) is 17.6. The minimum absolute atomic E-state index is 0.114. The zero-order chi connectivity index (χ0) is 17.5. The summed E-state index contributed by atoms with van der Waals surface area (Å²) < 4.78 is 10.3. The highest BCUT2D eigenvalue weighted by Gasteiger charge is 2.13. The van der Waals surface area contributed by atoms with Gasteiger partial charge in [-0.05, 0) is 36.4 Å². The number of ether oxygens (including phenoxy) is 1. The fourth-order valence-electron chi connectivity index (χ4n) is 1.93. The molecule has 0 aliphatic heterocycles. The first-order valence-corrected chi connectivity index (χ1v) is 7.47. The highest BCUT2D eigenvalue weighted by molar-refractivity contribution is 6.31. The van der Waals surface area contributed by atoms with Crippen LogP contribution in [-0.4, -0.2) is 37.4 Å². The number of halogens is 1. The van der Waals surface area contributed by atoms with Gasteiger partial charge in [-0.25, -0.2) is 0 Å². The van der Waals surface area contributed by atoms with E-state index in [1.54, 1.807) is 30.3 Å². The molecule has 0 fully saturated rings. The zero-order valence-electron chi connectivity index (χ0n) is 13.3. The Hall–Kier alpha value is -2.73. The summed E-state index contributed by atoms with van der Waals surface area (Å²) in [5, 5.41) is 3.14. The number of carbonyl (C=O) groups excluding carboxylic acids is 2. The van der Waals surface area contributed by atoms with Gasteiger partial charge in [0.25, 0.3) is 0 Å². The lowest BCUT2D eigenvalue weighted by atomic mass is 10.3. The highest BCUT2D eigenvalue weighted by atomic mass is 35.5. The molecule has 1 aromatic heterocycles. The van der Waals surface area contributed by atoms with Crippen LogP contribution in [0.3, 0.4) is 0 Å². The van der Waals surface area contributed by atoms with Gasteiger partial charge >= 0.3 is 0 Å². The average Bonchev–Trinajstić information content (AvgIpc) is 3.06. The van der Waals surface area contributed by atoms with E-state index in [1.807, 2.05) is 0 Å². The molecule has 6 nitrogen and oxygen atoms in total. The largest absolute Gasteiger partial charge is 0.495 e. The fourth-order valence-corrected chi connectivity index (χ4v) is 2.10. The van der Waals surface area contributed by atoms with E-state index in [1.165, 1.54) is 37.5 Å². The maximum atomic E-state index is 12.1. The molecule has 0 bridgehead atoms. The second-order valence-electron chi connectivity index (χ2n) is 4.94. The van der Waals surface area contributed by atoms with E-state index >= 15 is 0 Å². The lowest BCUT2D eigenvalue weighted by Crippen LogP contribution is -2.33. The van der Waals surface area contributed by atoms with Crippen molar-refractivity contribution in [1.82, 2.24) is 4.90 Å². The van der Waals surface area contributed by atoms with Crippen LogP contribution in [-0.2, 0) is 9.59 Å². The molecule has 1 N–H and O–H groups in total. The van der Waals surface area contributed by atoms with Crippen LogP contribution >= 0.6 is 11.6 Å². The monoisotopic (exact) mass is 348 g/mol. The van der Waals surface area contributed by atoms with Crippen molar-refractivity contribution in [2.75, 3.05) is 26.0 Å². The van der Waals surface area contributed by atoms with Crippen LogP contribution in [0.4, 0.5) is 5.69 Å². The van der Waals surface area contributed by atoms with Crippen molar-refractivity contribution >= 4 is 35.2 Å². The SMILES string of the molecule is COc1ccc(Cl)cc1NC(=O)CN(C)C(=O)C=Cc1ccco1. The first-order chi connectivity index (χ1) is 11.5. The van der Waals surface area contributed by atoms with Gasteiger partial charge in [0.15, 0.2) is 0 Å². The van der Waals surface area contributed by atoms with E-state index in [4.69, 9.17) is 20.8 Å². The van der Waals surface area contributed by atoms with Gasteiger partial charge in [-0.2, -0.15) is 0 Å². The summed E-state index contributed by atoms with van der Waals surface area (Å²) in [6, 6.07) is 8.34. The molecule has 2 rings (SSSR count). The van der Waals surface area contributed by atoms with Crippen molar-refractivity contribution in [3.05, 3.63) is 53.5 Å². The van der Waals surface area contributed by atoms with Gasteiger partial charge in [-0.1, -0.05) is 11.6 Å². The van der Waals surface area contributed by atoms with E-state index in [-0.39, 0.29) is 18.4 Å². The third-order valence-electron chi connectivity index (χ3n) is 3.13. The molecule has 0 radical (unpaired) electrons. The van der Waals surface area contributed by atoms with Crippen molar-refractivity contribution in [3.63, 3.8) is 0 Å². The number of likely N-dealkylation sites (N-methyl/N-ethyl adjacent to an activating group) is 1. The maximum Gasteiger partial charge on any atom is 0.246 e. The lowest BCUT2D eigenvalue weighted by Gasteiger charge is -2.16. The van der Waals surface area contributed by atoms with E-state index in [9.17, 15) is 9.59 Å². The molecule has 0 spiro atoms. The molecule has 0 aliphatic carbocycles. The number of nitrogens with zero attached hydrogens (tertiary/aromatic N) is 1. The van der Waals surface area contributed by atoms with Crippen molar-refractivity contribution in [2.45, 2.75) is 0 Å². The zero-order valence-corrected chi connectivity index (χ0v) is 14.0. The summed E-state index contributed by atoms with van der Waals surface area (Å²) in [4.78, 5) is 25.4. The van der Waals surface area contributed by atoms with Gasteiger partial charge in [0.2, 0.25) is 11.8 Å². The molecule has 1 aromatic carbocycles. The van der Waals surface area contributed by atoms with Crippen LogP contribution in [0.2, 0.25) is 5.02 Å². The summed E-state index contributed by atoms with van der Waals surface area (Å²) >= 11 is 5.91. The third-order valence-corrected chi connectivity index (χ3v) is 3.36. The number of benzene rings is 1. The van der Waals surface area contributed by atoms with Crippen molar-refractivity contribution in [2.24, 2.45) is 0 Å². The Balaban J connectivity index is 1.94. The normalized spacial score (nSPS) is 10.6. The first-order valence-electron chi connectivity index (χ1n) is 7.09. The third kappa shape index (κ3) is 4.89. The smallest absolute Gasteiger partial charge is 0.246 e. The summed E-state index contributed by atoms with van der Waals surface area (Å²) in [7, 11) is 3.03. The number of rotatable bonds is 6. The summed E-state index contributed by atoms with van der Waals surface area (Å²) in [6.45, 7) is -0.114. The molecule has 2 amide bonds. The Bertz CT molecular complexity index is 741. The second kappa shape index (κ2) is 8.21. The van der Waals surface area contributed by atoms with Crippen LogP contribution in [0, 0.1) is 0 Å². The quantitative estimate of drug-likeness (QED) is 0.814. The van der Waals surface area contributed by atoms with Crippen LogP contribution in [0.25, 0.3) is 6.08 Å².